The molecule has 0 amide bonds. The van der Waals surface area contributed by atoms with E-state index >= 15 is 0 Å². The molecule has 3 aromatic rings. The van der Waals surface area contributed by atoms with Crippen molar-refractivity contribution < 1.29 is 9.53 Å². The average Bonchev–Trinajstić information content (AvgIpc) is 3.33. The zero-order valence-electron chi connectivity index (χ0n) is 19.1. The molecular weight excluding hydrogens is 420 g/mol. The molecule has 168 valence electrons. The monoisotopic (exact) mass is 456 g/mol. The lowest BCUT2D eigenvalue weighted by Gasteiger charge is -2.05. The molecule has 0 aliphatic heterocycles. The Hall–Kier alpha value is -1.65. The lowest BCUT2D eigenvalue weighted by atomic mass is 10.1. The molecule has 0 aliphatic carbocycles. The molecule has 3 rings (SSSR count). The molecule has 0 N–H and O–H groups in total. The predicted molar refractivity (Wildman–Crippen MR) is 136 cm³/mol. The number of rotatable bonds is 14. The van der Waals surface area contributed by atoms with Crippen LogP contribution in [-0.4, -0.2) is 5.97 Å². The van der Waals surface area contributed by atoms with Crippen LogP contribution in [0.5, 0.6) is 5.75 Å². The Labute approximate surface area is 195 Å². The smallest absolute Gasteiger partial charge is 0.353 e. The number of thiophene rings is 2. The quantitative estimate of drug-likeness (QED) is 0.137. The summed E-state index contributed by atoms with van der Waals surface area (Å²) in [6.07, 6.45) is 15.3. The molecule has 2 aromatic heterocycles. The second-order valence-electron chi connectivity index (χ2n) is 8.43. The predicted octanol–water partition coefficient (Wildman–Crippen LogP) is 9.21. The lowest BCUT2D eigenvalue weighted by Crippen LogP contribution is -2.06. The highest BCUT2D eigenvalue weighted by Crippen LogP contribution is 2.35. The van der Waals surface area contributed by atoms with E-state index in [9.17, 15) is 4.79 Å². The van der Waals surface area contributed by atoms with Gasteiger partial charge in [0.05, 0.1) is 4.01 Å². The van der Waals surface area contributed by atoms with Crippen molar-refractivity contribution in [2.24, 2.45) is 0 Å². The van der Waals surface area contributed by atoms with Crippen molar-refractivity contribution in [1.29, 1.82) is 0 Å². The van der Waals surface area contributed by atoms with Gasteiger partial charge in [0.1, 0.15) is 10.6 Å². The number of fused-ring (bicyclic) bond motifs is 1. The van der Waals surface area contributed by atoms with Gasteiger partial charge in [0.15, 0.2) is 0 Å². The molecule has 2 nitrogen and oxygen atoms in total. The third-order valence-electron chi connectivity index (χ3n) is 5.70. The Bertz CT molecular complexity index is 889. The minimum absolute atomic E-state index is 0.249. The van der Waals surface area contributed by atoms with Crippen molar-refractivity contribution in [1.82, 2.24) is 0 Å². The lowest BCUT2D eigenvalue weighted by molar-refractivity contribution is 0.0740. The van der Waals surface area contributed by atoms with E-state index in [1.54, 1.807) is 11.3 Å². The Balaban J connectivity index is 1.46. The zero-order chi connectivity index (χ0) is 21.9. The minimum Gasteiger partial charge on any atom is -0.422 e. The molecular formula is C27H36O2S2. The van der Waals surface area contributed by atoms with Crippen LogP contribution in [0.1, 0.15) is 98.2 Å². The van der Waals surface area contributed by atoms with Crippen LogP contribution < -0.4 is 4.74 Å². The Kier molecular flexibility index (Phi) is 10.1. The summed E-state index contributed by atoms with van der Waals surface area (Å²) in [5, 5.41) is 1.19. The fraction of sp³-hybridized carbons (Fsp3) is 0.519. The van der Waals surface area contributed by atoms with Crippen molar-refractivity contribution in [3.8, 4) is 5.75 Å². The molecule has 4 heteroatoms. The van der Waals surface area contributed by atoms with Crippen LogP contribution >= 0.6 is 22.7 Å². The first kappa shape index (κ1) is 24.0. The van der Waals surface area contributed by atoms with Crippen LogP contribution in [0.3, 0.4) is 0 Å². The highest BCUT2D eigenvalue weighted by Gasteiger charge is 2.15. The van der Waals surface area contributed by atoms with Crippen LogP contribution in [0.25, 0.3) is 9.40 Å². The van der Waals surface area contributed by atoms with Crippen LogP contribution in [0.2, 0.25) is 0 Å². The first-order valence-corrected chi connectivity index (χ1v) is 13.7. The standard InChI is InChI=1S/C27H36O2S2/c1-3-5-7-8-9-10-12-14-24-19-22-20-25(31-27(22)30-24)26(28)29-23-17-15-21(16-18-23)13-11-6-4-2/h15-20H,3-14H2,1-2H3. The van der Waals surface area contributed by atoms with Gasteiger partial charge in [0.2, 0.25) is 0 Å². The van der Waals surface area contributed by atoms with E-state index in [1.807, 2.05) is 29.5 Å². The molecule has 0 bridgehead atoms. The summed E-state index contributed by atoms with van der Waals surface area (Å²) in [6, 6.07) is 12.2. The van der Waals surface area contributed by atoms with Gasteiger partial charge in [-0.05, 0) is 55.5 Å². The molecule has 0 saturated carbocycles. The van der Waals surface area contributed by atoms with Gasteiger partial charge in [0, 0.05) is 10.3 Å². The van der Waals surface area contributed by atoms with Crippen LogP contribution in [0, 0.1) is 0 Å². The maximum Gasteiger partial charge on any atom is 0.353 e. The normalized spacial score (nSPS) is 11.3. The van der Waals surface area contributed by atoms with Gasteiger partial charge < -0.3 is 4.74 Å². The number of aryl methyl sites for hydroxylation is 2. The molecule has 2 heterocycles. The molecule has 0 spiro atoms. The van der Waals surface area contributed by atoms with Crippen molar-refractivity contribution in [3.63, 3.8) is 0 Å². The Morgan fingerprint density at radius 2 is 1.42 bits per heavy atom. The molecule has 1 aromatic carbocycles. The Morgan fingerprint density at radius 1 is 0.774 bits per heavy atom. The van der Waals surface area contributed by atoms with E-state index in [0.29, 0.717) is 10.6 Å². The average molecular weight is 457 g/mol. The van der Waals surface area contributed by atoms with Gasteiger partial charge in [-0.3, -0.25) is 0 Å². The summed E-state index contributed by atoms with van der Waals surface area (Å²) in [5.74, 6) is 0.376. The minimum atomic E-state index is -0.249. The molecule has 0 fully saturated rings. The van der Waals surface area contributed by atoms with Gasteiger partial charge >= 0.3 is 5.97 Å². The topological polar surface area (TPSA) is 26.3 Å². The van der Waals surface area contributed by atoms with Crippen LogP contribution in [0.4, 0.5) is 0 Å². The number of unbranched alkanes of at least 4 members (excludes halogenated alkanes) is 8. The highest BCUT2D eigenvalue weighted by molar-refractivity contribution is 7.39. The summed E-state index contributed by atoms with van der Waals surface area (Å²) in [4.78, 5) is 14.7. The summed E-state index contributed by atoms with van der Waals surface area (Å²) in [5.41, 5.74) is 1.30. The van der Waals surface area contributed by atoms with E-state index < -0.39 is 0 Å². The van der Waals surface area contributed by atoms with Crippen molar-refractivity contribution in [2.45, 2.75) is 90.9 Å². The highest BCUT2D eigenvalue weighted by atomic mass is 32.2. The third-order valence-corrected chi connectivity index (χ3v) is 8.13. The van der Waals surface area contributed by atoms with Crippen LogP contribution in [-0.2, 0) is 12.8 Å². The van der Waals surface area contributed by atoms with Gasteiger partial charge in [-0.2, -0.15) is 0 Å². The number of benzene rings is 1. The van der Waals surface area contributed by atoms with Gasteiger partial charge in [0.25, 0.3) is 0 Å². The molecule has 31 heavy (non-hydrogen) atoms. The summed E-state index contributed by atoms with van der Waals surface area (Å²) in [7, 11) is 0. The van der Waals surface area contributed by atoms with Crippen molar-refractivity contribution in [3.05, 3.63) is 51.7 Å². The number of hydrogen-bond donors (Lipinski definition) is 0. The van der Waals surface area contributed by atoms with Crippen molar-refractivity contribution in [2.75, 3.05) is 0 Å². The van der Waals surface area contributed by atoms with Gasteiger partial charge in [-0.25, -0.2) is 4.79 Å². The maximum atomic E-state index is 12.6. The first-order valence-electron chi connectivity index (χ1n) is 12.0. The van der Waals surface area contributed by atoms with Crippen LogP contribution in [0.15, 0.2) is 36.4 Å². The van der Waals surface area contributed by atoms with E-state index in [1.165, 1.54) is 84.0 Å². The third kappa shape index (κ3) is 7.76. The van der Waals surface area contributed by atoms with Gasteiger partial charge in [-0.15, -0.1) is 22.7 Å². The summed E-state index contributed by atoms with van der Waals surface area (Å²) >= 11 is 3.39. The molecule has 0 saturated heterocycles. The Morgan fingerprint density at radius 3 is 2.13 bits per heavy atom. The fourth-order valence-electron chi connectivity index (χ4n) is 3.83. The van der Waals surface area contributed by atoms with E-state index in [2.05, 4.69) is 32.0 Å². The molecule has 0 radical (unpaired) electrons. The van der Waals surface area contributed by atoms with Gasteiger partial charge in [-0.1, -0.05) is 77.3 Å². The number of carbonyl (C=O) groups excluding carboxylic acids is 1. The maximum absolute atomic E-state index is 12.6. The second kappa shape index (κ2) is 13.0. The number of esters is 1. The number of hydrogen-bond acceptors (Lipinski definition) is 4. The van der Waals surface area contributed by atoms with E-state index in [0.717, 1.165) is 12.8 Å². The first-order chi connectivity index (χ1) is 15.2. The molecule has 0 atom stereocenters. The fourth-order valence-corrected chi connectivity index (χ4v) is 6.24. The summed E-state index contributed by atoms with van der Waals surface area (Å²) < 4.78 is 6.84. The van der Waals surface area contributed by atoms with E-state index in [4.69, 9.17) is 4.74 Å². The molecule has 0 unspecified atom stereocenters. The zero-order valence-corrected chi connectivity index (χ0v) is 20.7. The molecule has 0 aliphatic rings. The summed E-state index contributed by atoms with van der Waals surface area (Å²) in [6.45, 7) is 4.48. The SMILES string of the molecule is CCCCCCCCCc1cc2cc(C(=O)Oc3ccc(CCCCC)cc3)sc2s1. The largest absolute Gasteiger partial charge is 0.422 e. The number of ether oxygens (including phenoxy) is 1. The second-order valence-corrected chi connectivity index (χ2v) is 10.9. The van der Waals surface area contributed by atoms with E-state index in [-0.39, 0.29) is 5.97 Å². The van der Waals surface area contributed by atoms with Crippen molar-refractivity contribution >= 4 is 38.0 Å². The number of carbonyl (C=O) groups is 1.